The minimum absolute atomic E-state index is 0.407. The highest BCUT2D eigenvalue weighted by Crippen LogP contribution is 2.36. The summed E-state index contributed by atoms with van der Waals surface area (Å²) in [5.74, 6) is 0. The molecule has 0 radical (unpaired) electrons. The number of aromatic nitrogens is 1. The molecule has 2 nitrogen and oxygen atoms in total. The smallest absolute Gasteiger partial charge is 0.109 e. The minimum Gasteiger partial charge on any atom is -0.307 e. The van der Waals surface area contributed by atoms with Crippen molar-refractivity contribution >= 4 is 23.1 Å². The largest absolute Gasteiger partial charge is 0.307 e. The van der Waals surface area contributed by atoms with E-state index in [2.05, 4.69) is 46.9 Å². The molecule has 1 N–H and O–H groups in total. The van der Waals surface area contributed by atoms with Crippen LogP contribution >= 0.6 is 23.1 Å². The summed E-state index contributed by atoms with van der Waals surface area (Å²) < 4.78 is 0. The van der Waals surface area contributed by atoms with E-state index >= 15 is 0 Å². The lowest BCUT2D eigenvalue weighted by Gasteiger charge is -2.17. The predicted octanol–water partition coefficient (Wildman–Crippen LogP) is 3.90. The van der Waals surface area contributed by atoms with Crippen LogP contribution in [0.4, 0.5) is 0 Å². The number of nitrogens with zero attached hydrogens (tertiary/aromatic N) is 1. The van der Waals surface area contributed by atoms with Crippen LogP contribution in [0.5, 0.6) is 0 Å². The molecule has 1 aromatic carbocycles. The molecule has 4 heteroatoms. The molecule has 1 aliphatic heterocycles. The third-order valence-electron chi connectivity index (χ3n) is 3.46. The van der Waals surface area contributed by atoms with Gasteiger partial charge in [0.2, 0.25) is 0 Å². The lowest BCUT2D eigenvalue weighted by molar-refractivity contribution is 0.514. The minimum atomic E-state index is 0.407. The van der Waals surface area contributed by atoms with Crippen LogP contribution in [0.1, 0.15) is 30.0 Å². The highest BCUT2D eigenvalue weighted by Gasteiger charge is 2.22. The molecule has 2 unspecified atom stereocenters. The summed E-state index contributed by atoms with van der Waals surface area (Å²) in [4.78, 5) is 5.88. The van der Waals surface area contributed by atoms with Crippen molar-refractivity contribution in [3.8, 4) is 0 Å². The van der Waals surface area contributed by atoms with Gasteiger partial charge in [-0.1, -0.05) is 25.1 Å². The van der Waals surface area contributed by atoms with E-state index in [-0.39, 0.29) is 0 Å². The number of nitrogens with one attached hydrogen (secondary N) is 1. The first-order valence-electron chi connectivity index (χ1n) is 6.74. The third-order valence-corrected chi connectivity index (χ3v) is 5.67. The fourth-order valence-corrected chi connectivity index (χ4v) is 4.51. The van der Waals surface area contributed by atoms with Gasteiger partial charge in [-0.3, -0.25) is 0 Å². The topological polar surface area (TPSA) is 24.9 Å². The van der Waals surface area contributed by atoms with Crippen molar-refractivity contribution in [1.29, 1.82) is 0 Å². The van der Waals surface area contributed by atoms with E-state index in [9.17, 15) is 0 Å². The van der Waals surface area contributed by atoms with Crippen LogP contribution in [0.2, 0.25) is 0 Å². The SMILES string of the molecule is CCC(NCC1Cc2ccccc2S1)c1nccs1. The molecule has 0 spiro atoms. The fourth-order valence-electron chi connectivity index (χ4n) is 2.45. The first kappa shape index (κ1) is 13.2. The maximum atomic E-state index is 4.42. The molecule has 0 bridgehead atoms. The molecule has 19 heavy (non-hydrogen) atoms. The molecule has 1 aliphatic rings. The zero-order valence-corrected chi connectivity index (χ0v) is 12.6. The molecular formula is C15H18N2S2. The van der Waals surface area contributed by atoms with Crippen LogP contribution in [0.25, 0.3) is 0 Å². The quantitative estimate of drug-likeness (QED) is 0.904. The Morgan fingerprint density at radius 3 is 3.05 bits per heavy atom. The summed E-state index contributed by atoms with van der Waals surface area (Å²) in [6.07, 6.45) is 4.17. The molecule has 100 valence electrons. The second-order valence-electron chi connectivity index (χ2n) is 4.79. The van der Waals surface area contributed by atoms with Crippen LogP contribution in [-0.2, 0) is 6.42 Å². The van der Waals surface area contributed by atoms with Crippen LogP contribution in [0, 0.1) is 0 Å². The maximum absolute atomic E-state index is 4.42. The Morgan fingerprint density at radius 2 is 2.32 bits per heavy atom. The second kappa shape index (κ2) is 6.07. The molecule has 2 aromatic rings. The summed E-state index contributed by atoms with van der Waals surface area (Å²) >= 11 is 3.75. The normalized spacial score (nSPS) is 19.3. The van der Waals surface area contributed by atoms with Gasteiger partial charge in [-0.25, -0.2) is 4.98 Å². The van der Waals surface area contributed by atoms with Gasteiger partial charge >= 0.3 is 0 Å². The van der Waals surface area contributed by atoms with Gasteiger partial charge < -0.3 is 5.32 Å². The molecule has 0 fully saturated rings. The molecule has 0 saturated heterocycles. The van der Waals surface area contributed by atoms with E-state index in [1.807, 2.05) is 18.0 Å². The Balaban J connectivity index is 1.56. The van der Waals surface area contributed by atoms with Crippen LogP contribution in [0.15, 0.2) is 40.7 Å². The van der Waals surface area contributed by atoms with Gasteiger partial charge in [0.05, 0.1) is 6.04 Å². The van der Waals surface area contributed by atoms with Gasteiger partial charge in [0.25, 0.3) is 0 Å². The van der Waals surface area contributed by atoms with Gasteiger partial charge in [-0.15, -0.1) is 23.1 Å². The van der Waals surface area contributed by atoms with E-state index in [0.717, 1.165) is 13.0 Å². The molecule has 2 heterocycles. The number of thioether (sulfide) groups is 1. The van der Waals surface area contributed by atoms with Crippen molar-refractivity contribution in [2.45, 2.75) is 36.0 Å². The highest BCUT2D eigenvalue weighted by atomic mass is 32.2. The zero-order valence-electron chi connectivity index (χ0n) is 11.0. The summed E-state index contributed by atoms with van der Waals surface area (Å²) in [5.41, 5.74) is 1.50. The summed E-state index contributed by atoms with van der Waals surface area (Å²) in [6.45, 7) is 3.27. The average Bonchev–Trinajstić information content (AvgIpc) is 3.08. The van der Waals surface area contributed by atoms with Crippen molar-refractivity contribution in [3.05, 3.63) is 46.4 Å². The lowest BCUT2D eigenvalue weighted by atomic mass is 10.1. The number of fused-ring (bicyclic) bond motifs is 1. The summed E-state index contributed by atoms with van der Waals surface area (Å²) in [6, 6.07) is 9.16. The molecule has 2 atom stereocenters. The number of hydrogen-bond donors (Lipinski definition) is 1. The van der Waals surface area contributed by atoms with E-state index in [0.29, 0.717) is 11.3 Å². The van der Waals surface area contributed by atoms with Crippen molar-refractivity contribution in [2.75, 3.05) is 6.54 Å². The molecule has 0 saturated carbocycles. The molecule has 1 aromatic heterocycles. The molecule has 0 aliphatic carbocycles. The van der Waals surface area contributed by atoms with Gasteiger partial charge in [0, 0.05) is 28.3 Å². The average molecular weight is 290 g/mol. The predicted molar refractivity (Wildman–Crippen MR) is 82.9 cm³/mol. The lowest BCUT2D eigenvalue weighted by Crippen LogP contribution is -2.28. The Bertz CT molecular complexity index is 500. The first-order valence-corrected chi connectivity index (χ1v) is 8.50. The molecule has 3 rings (SSSR count). The zero-order chi connectivity index (χ0) is 13.1. The third kappa shape index (κ3) is 3.02. The van der Waals surface area contributed by atoms with Crippen molar-refractivity contribution in [1.82, 2.24) is 10.3 Å². The van der Waals surface area contributed by atoms with Gasteiger partial charge in [-0.05, 0) is 24.5 Å². The number of rotatable bonds is 5. The Labute approximate surface area is 122 Å². The first-order chi connectivity index (χ1) is 9.36. The van der Waals surface area contributed by atoms with E-state index in [1.165, 1.54) is 21.9 Å². The number of hydrogen-bond acceptors (Lipinski definition) is 4. The molecular weight excluding hydrogens is 272 g/mol. The summed E-state index contributed by atoms with van der Waals surface area (Å²) in [5, 5.41) is 7.60. The standard InChI is InChI=1S/C15H18N2S2/c1-2-13(15-16-7-8-18-15)17-10-12-9-11-5-3-4-6-14(11)19-12/h3-8,12-13,17H,2,9-10H2,1H3. The fraction of sp³-hybridized carbons (Fsp3) is 0.400. The van der Waals surface area contributed by atoms with Crippen molar-refractivity contribution < 1.29 is 0 Å². The van der Waals surface area contributed by atoms with Gasteiger partial charge in [0.1, 0.15) is 5.01 Å². The van der Waals surface area contributed by atoms with Crippen molar-refractivity contribution in [2.24, 2.45) is 0 Å². The highest BCUT2D eigenvalue weighted by molar-refractivity contribution is 8.00. The van der Waals surface area contributed by atoms with Gasteiger partial charge in [-0.2, -0.15) is 0 Å². The maximum Gasteiger partial charge on any atom is 0.109 e. The summed E-state index contributed by atoms with van der Waals surface area (Å²) in [7, 11) is 0. The Hall–Kier alpha value is -0.840. The van der Waals surface area contributed by atoms with Crippen molar-refractivity contribution in [3.63, 3.8) is 0 Å². The second-order valence-corrected chi connectivity index (χ2v) is 7.06. The Kier molecular flexibility index (Phi) is 4.21. The van der Waals surface area contributed by atoms with Crippen LogP contribution in [-0.4, -0.2) is 16.8 Å². The van der Waals surface area contributed by atoms with E-state index in [1.54, 1.807) is 11.3 Å². The van der Waals surface area contributed by atoms with E-state index in [4.69, 9.17) is 0 Å². The van der Waals surface area contributed by atoms with Gasteiger partial charge in [0.15, 0.2) is 0 Å². The molecule has 0 amide bonds. The van der Waals surface area contributed by atoms with Crippen LogP contribution in [0.3, 0.4) is 0 Å². The Morgan fingerprint density at radius 1 is 1.42 bits per heavy atom. The number of benzene rings is 1. The van der Waals surface area contributed by atoms with Crippen LogP contribution < -0.4 is 5.32 Å². The number of thiazole rings is 1. The monoisotopic (exact) mass is 290 g/mol. The van der Waals surface area contributed by atoms with E-state index < -0.39 is 0 Å².